The molecule has 2 fully saturated rings. The van der Waals surface area contributed by atoms with Crippen LogP contribution in [0.1, 0.15) is 44.7 Å². The molecular formula is C20H29N3O2. The number of hydrogen-bond acceptors (Lipinski definition) is 4. The molecule has 3 atom stereocenters. The Labute approximate surface area is 150 Å². The Hall–Kier alpha value is -1.75. The summed E-state index contributed by atoms with van der Waals surface area (Å²) >= 11 is 0. The normalized spacial score (nSPS) is 28.2. The van der Waals surface area contributed by atoms with E-state index in [2.05, 4.69) is 23.1 Å². The van der Waals surface area contributed by atoms with Crippen molar-refractivity contribution >= 4 is 11.8 Å². The quantitative estimate of drug-likeness (QED) is 0.852. The fourth-order valence-corrected chi connectivity index (χ4v) is 4.56. The first-order chi connectivity index (χ1) is 11.8. The van der Waals surface area contributed by atoms with Gasteiger partial charge in [0, 0.05) is 24.8 Å². The van der Waals surface area contributed by atoms with Gasteiger partial charge in [0.05, 0.1) is 12.1 Å². The van der Waals surface area contributed by atoms with Gasteiger partial charge in [-0.15, -0.1) is 0 Å². The predicted molar refractivity (Wildman–Crippen MR) is 98.9 cm³/mol. The number of fused-ring (bicyclic) bond motifs is 3. The highest BCUT2D eigenvalue weighted by Crippen LogP contribution is 2.35. The number of benzene rings is 1. The van der Waals surface area contributed by atoms with Crippen molar-refractivity contribution in [1.29, 1.82) is 0 Å². The van der Waals surface area contributed by atoms with E-state index < -0.39 is 5.60 Å². The highest BCUT2D eigenvalue weighted by molar-refractivity contribution is 5.70. The van der Waals surface area contributed by atoms with Crippen molar-refractivity contribution in [2.75, 3.05) is 18.0 Å². The number of anilines is 1. The monoisotopic (exact) mass is 343 g/mol. The number of amides is 1. The molecule has 1 amide bonds. The Balaban J connectivity index is 1.49. The van der Waals surface area contributed by atoms with Crippen molar-refractivity contribution in [3.8, 4) is 0 Å². The van der Waals surface area contributed by atoms with Crippen LogP contribution in [0, 0.1) is 0 Å². The topological polar surface area (TPSA) is 58.8 Å². The third-order valence-electron chi connectivity index (χ3n) is 5.61. The van der Waals surface area contributed by atoms with Crippen LogP contribution < -0.4 is 10.6 Å². The van der Waals surface area contributed by atoms with Crippen LogP contribution in [0.2, 0.25) is 0 Å². The van der Waals surface area contributed by atoms with E-state index in [1.54, 1.807) is 0 Å². The Morgan fingerprint density at radius 2 is 1.76 bits per heavy atom. The van der Waals surface area contributed by atoms with E-state index >= 15 is 0 Å². The van der Waals surface area contributed by atoms with Gasteiger partial charge in [0.1, 0.15) is 5.60 Å². The zero-order chi connectivity index (χ0) is 17.8. The molecule has 0 radical (unpaired) electrons. The molecule has 2 bridgehead atoms. The van der Waals surface area contributed by atoms with E-state index in [0.717, 1.165) is 38.8 Å². The maximum absolute atomic E-state index is 12.6. The lowest BCUT2D eigenvalue weighted by atomic mass is 10.1. The van der Waals surface area contributed by atoms with Crippen molar-refractivity contribution in [3.63, 3.8) is 0 Å². The third kappa shape index (κ3) is 3.22. The number of nitrogens with two attached hydrogens (primary N) is 1. The molecule has 5 nitrogen and oxygen atoms in total. The largest absolute Gasteiger partial charge is 0.444 e. The summed E-state index contributed by atoms with van der Waals surface area (Å²) in [5.74, 6) is 0. The van der Waals surface area contributed by atoms with Gasteiger partial charge in [0.2, 0.25) is 0 Å². The standard InChI is InChI=1S/C20H29N3O2/c1-20(2,3)25-19(24)23-17-6-7-18(23)12-22(11-17)16-5-4-13-8-15(21)9-14(13)10-16/h4-5,10,15,17-18H,6-9,11-12,21H2,1-3H3/t15-,17?,18?/m0/s1. The lowest BCUT2D eigenvalue weighted by molar-refractivity contribution is 0.0123. The molecule has 1 aromatic rings. The Bertz CT molecular complexity index is 668. The first-order valence-electron chi connectivity index (χ1n) is 9.44. The maximum Gasteiger partial charge on any atom is 0.410 e. The molecule has 25 heavy (non-hydrogen) atoms. The molecule has 3 aliphatic rings. The summed E-state index contributed by atoms with van der Waals surface area (Å²) in [5.41, 5.74) is 9.72. The maximum atomic E-state index is 12.6. The Morgan fingerprint density at radius 1 is 1.12 bits per heavy atom. The van der Waals surface area contributed by atoms with Gasteiger partial charge < -0.3 is 15.4 Å². The van der Waals surface area contributed by atoms with Crippen LogP contribution in [0.4, 0.5) is 10.5 Å². The minimum Gasteiger partial charge on any atom is -0.444 e. The molecule has 2 N–H and O–H groups in total. The highest BCUT2D eigenvalue weighted by Gasteiger charge is 2.44. The van der Waals surface area contributed by atoms with E-state index in [-0.39, 0.29) is 24.2 Å². The van der Waals surface area contributed by atoms with Crippen molar-refractivity contribution in [3.05, 3.63) is 29.3 Å². The van der Waals surface area contributed by atoms with Crippen molar-refractivity contribution in [1.82, 2.24) is 4.90 Å². The number of piperazine rings is 1. The molecule has 2 heterocycles. The van der Waals surface area contributed by atoms with Crippen LogP contribution in [-0.4, -0.2) is 47.8 Å². The molecule has 0 spiro atoms. The molecule has 1 aliphatic carbocycles. The number of carbonyl (C=O) groups excluding carboxylic acids is 1. The van der Waals surface area contributed by atoms with Crippen LogP contribution >= 0.6 is 0 Å². The molecule has 136 valence electrons. The average molecular weight is 343 g/mol. The fourth-order valence-electron chi connectivity index (χ4n) is 4.56. The minimum absolute atomic E-state index is 0.153. The van der Waals surface area contributed by atoms with E-state index in [1.165, 1.54) is 16.8 Å². The van der Waals surface area contributed by atoms with Gasteiger partial charge >= 0.3 is 6.09 Å². The number of nitrogens with zero attached hydrogens (tertiary/aromatic N) is 2. The predicted octanol–water partition coefficient (Wildman–Crippen LogP) is 2.70. The summed E-state index contributed by atoms with van der Waals surface area (Å²) in [6.45, 7) is 7.57. The molecule has 1 aromatic carbocycles. The van der Waals surface area contributed by atoms with E-state index in [0.29, 0.717) is 0 Å². The first kappa shape index (κ1) is 16.7. The molecule has 5 heteroatoms. The van der Waals surface area contributed by atoms with Gasteiger partial charge in [0.15, 0.2) is 0 Å². The Kier molecular flexibility index (Phi) is 3.95. The second kappa shape index (κ2) is 5.90. The number of ether oxygens (including phenoxy) is 1. The van der Waals surface area contributed by atoms with Crippen LogP contribution in [-0.2, 0) is 17.6 Å². The summed E-state index contributed by atoms with van der Waals surface area (Å²) in [6.07, 6.45) is 3.95. The van der Waals surface area contributed by atoms with Gasteiger partial charge in [-0.05, 0) is 69.7 Å². The average Bonchev–Trinajstić information content (AvgIpc) is 3.01. The second-order valence-electron chi connectivity index (χ2n) is 8.80. The molecule has 2 unspecified atom stereocenters. The van der Waals surface area contributed by atoms with Gasteiger partial charge in [-0.2, -0.15) is 0 Å². The van der Waals surface area contributed by atoms with Crippen LogP contribution in [0.3, 0.4) is 0 Å². The molecule has 0 saturated carbocycles. The molecule has 2 saturated heterocycles. The lowest BCUT2D eigenvalue weighted by Crippen LogP contribution is -2.56. The lowest BCUT2D eigenvalue weighted by Gasteiger charge is -2.42. The fraction of sp³-hybridized carbons (Fsp3) is 0.650. The molecular weight excluding hydrogens is 314 g/mol. The summed E-state index contributed by atoms with van der Waals surface area (Å²) in [4.78, 5) is 17.0. The van der Waals surface area contributed by atoms with Crippen LogP contribution in [0.5, 0.6) is 0 Å². The van der Waals surface area contributed by atoms with Gasteiger partial charge in [-0.1, -0.05) is 6.07 Å². The SMILES string of the molecule is CC(C)(C)OC(=O)N1C2CCC1CN(c1ccc3c(c1)C[C@@H](N)C3)C2. The summed E-state index contributed by atoms with van der Waals surface area (Å²) in [6, 6.07) is 7.54. The number of rotatable bonds is 1. The second-order valence-corrected chi connectivity index (χ2v) is 8.80. The van der Waals surface area contributed by atoms with Gasteiger partial charge in [0.25, 0.3) is 0 Å². The van der Waals surface area contributed by atoms with Crippen LogP contribution in [0.15, 0.2) is 18.2 Å². The zero-order valence-corrected chi connectivity index (χ0v) is 15.5. The third-order valence-corrected chi connectivity index (χ3v) is 5.61. The molecule has 0 aromatic heterocycles. The van der Waals surface area contributed by atoms with Crippen LogP contribution in [0.25, 0.3) is 0 Å². The highest BCUT2D eigenvalue weighted by atomic mass is 16.6. The van der Waals surface area contributed by atoms with Crippen molar-refractivity contribution in [2.45, 2.75) is 70.2 Å². The smallest absolute Gasteiger partial charge is 0.410 e. The van der Waals surface area contributed by atoms with Gasteiger partial charge in [-0.3, -0.25) is 4.90 Å². The summed E-state index contributed by atoms with van der Waals surface area (Å²) in [5, 5.41) is 0. The van der Waals surface area contributed by atoms with Crippen molar-refractivity contribution < 1.29 is 9.53 Å². The minimum atomic E-state index is -0.438. The summed E-state index contributed by atoms with van der Waals surface area (Å²) in [7, 11) is 0. The zero-order valence-electron chi connectivity index (χ0n) is 15.5. The number of carbonyl (C=O) groups is 1. The molecule has 4 rings (SSSR count). The first-order valence-corrected chi connectivity index (χ1v) is 9.44. The van der Waals surface area contributed by atoms with E-state index in [9.17, 15) is 4.79 Å². The summed E-state index contributed by atoms with van der Waals surface area (Å²) < 4.78 is 5.63. The van der Waals surface area contributed by atoms with E-state index in [4.69, 9.17) is 10.5 Å². The Morgan fingerprint density at radius 3 is 2.40 bits per heavy atom. The molecule has 2 aliphatic heterocycles. The number of hydrogen-bond donors (Lipinski definition) is 1. The van der Waals surface area contributed by atoms with Gasteiger partial charge in [-0.25, -0.2) is 4.79 Å². The van der Waals surface area contributed by atoms with E-state index in [1.807, 2.05) is 25.7 Å². The van der Waals surface area contributed by atoms with Crippen molar-refractivity contribution in [2.24, 2.45) is 5.73 Å².